The van der Waals surface area contributed by atoms with Crippen molar-refractivity contribution in [1.82, 2.24) is 24.5 Å². The van der Waals surface area contributed by atoms with Gasteiger partial charge in [0.2, 0.25) is 11.6 Å². The standard InChI is InChI=1S/C23H24N6O/c1-16-14-27(11-12-29(16)21-22-26-25-15-28(22)10-9-24-21)23(30)17(2)19-8-7-18-5-3-4-6-20(18)13-19/h3-10,13,15-17H,11-12,14H2,1-2H3. The lowest BCUT2D eigenvalue weighted by Gasteiger charge is -2.41. The molecule has 152 valence electrons. The molecule has 5 rings (SSSR count). The van der Waals surface area contributed by atoms with Crippen LogP contribution in [-0.2, 0) is 4.79 Å². The monoisotopic (exact) mass is 400 g/mol. The van der Waals surface area contributed by atoms with Crippen LogP contribution in [0, 0.1) is 0 Å². The van der Waals surface area contributed by atoms with E-state index in [1.54, 1.807) is 12.5 Å². The van der Waals surface area contributed by atoms with Gasteiger partial charge in [-0.05, 0) is 30.2 Å². The minimum Gasteiger partial charge on any atom is -0.347 e. The summed E-state index contributed by atoms with van der Waals surface area (Å²) < 4.78 is 1.87. The van der Waals surface area contributed by atoms with E-state index in [1.165, 1.54) is 10.8 Å². The summed E-state index contributed by atoms with van der Waals surface area (Å²) in [6, 6.07) is 14.7. The molecule has 0 aliphatic carbocycles. The van der Waals surface area contributed by atoms with Crippen LogP contribution in [0.2, 0.25) is 0 Å². The predicted molar refractivity (Wildman–Crippen MR) is 117 cm³/mol. The fraction of sp³-hybridized carbons (Fsp3) is 0.304. The van der Waals surface area contributed by atoms with E-state index in [-0.39, 0.29) is 17.9 Å². The highest BCUT2D eigenvalue weighted by molar-refractivity contribution is 5.88. The molecular formula is C23H24N6O. The normalized spacial score (nSPS) is 18.1. The molecule has 3 heterocycles. The molecule has 0 N–H and O–H groups in total. The van der Waals surface area contributed by atoms with Crippen molar-refractivity contribution in [3.63, 3.8) is 0 Å². The Hall–Kier alpha value is -3.48. The first-order chi connectivity index (χ1) is 14.6. The van der Waals surface area contributed by atoms with Gasteiger partial charge >= 0.3 is 0 Å². The van der Waals surface area contributed by atoms with Crippen LogP contribution in [-0.4, -0.2) is 56.1 Å². The maximum absolute atomic E-state index is 13.3. The Morgan fingerprint density at radius 3 is 2.80 bits per heavy atom. The number of rotatable bonds is 3. The molecule has 2 unspecified atom stereocenters. The highest BCUT2D eigenvalue weighted by atomic mass is 16.2. The summed E-state index contributed by atoms with van der Waals surface area (Å²) in [5.74, 6) is 0.814. The van der Waals surface area contributed by atoms with E-state index in [4.69, 9.17) is 0 Å². The Bertz CT molecular complexity index is 1220. The Kier molecular flexibility index (Phi) is 4.58. The number of amides is 1. The summed E-state index contributed by atoms with van der Waals surface area (Å²) in [6.45, 7) is 6.17. The Balaban J connectivity index is 1.33. The smallest absolute Gasteiger partial charge is 0.229 e. The van der Waals surface area contributed by atoms with E-state index in [0.29, 0.717) is 13.1 Å². The molecule has 30 heavy (non-hydrogen) atoms. The minimum atomic E-state index is -0.175. The first-order valence-corrected chi connectivity index (χ1v) is 10.3. The second-order valence-electron chi connectivity index (χ2n) is 7.97. The molecule has 1 fully saturated rings. The number of carbonyl (C=O) groups is 1. The van der Waals surface area contributed by atoms with Gasteiger partial charge in [0.25, 0.3) is 0 Å². The van der Waals surface area contributed by atoms with Crippen molar-refractivity contribution < 1.29 is 4.79 Å². The third-order valence-corrected chi connectivity index (χ3v) is 6.05. The molecule has 0 saturated carbocycles. The average Bonchev–Trinajstić information content (AvgIpc) is 3.27. The van der Waals surface area contributed by atoms with Gasteiger partial charge < -0.3 is 9.80 Å². The van der Waals surface area contributed by atoms with Crippen molar-refractivity contribution in [2.24, 2.45) is 0 Å². The topological polar surface area (TPSA) is 66.6 Å². The van der Waals surface area contributed by atoms with Gasteiger partial charge in [-0.25, -0.2) is 4.98 Å². The predicted octanol–water partition coefficient (Wildman–Crippen LogP) is 3.12. The minimum absolute atomic E-state index is 0.141. The highest BCUT2D eigenvalue weighted by Gasteiger charge is 2.31. The summed E-state index contributed by atoms with van der Waals surface area (Å²) in [6.07, 6.45) is 5.28. The van der Waals surface area contributed by atoms with Crippen LogP contribution in [0.4, 0.5) is 5.82 Å². The number of aromatic nitrogens is 4. The lowest BCUT2D eigenvalue weighted by Crippen LogP contribution is -2.54. The van der Waals surface area contributed by atoms with Crippen molar-refractivity contribution in [2.45, 2.75) is 25.8 Å². The van der Waals surface area contributed by atoms with Crippen molar-refractivity contribution in [2.75, 3.05) is 24.5 Å². The van der Waals surface area contributed by atoms with Crippen LogP contribution in [0.15, 0.2) is 61.2 Å². The van der Waals surface area contributed by atoms with E-state index in [9.17, 15) is 4.79 Å². The SMILES string of the molecule is CC(C(=O)N1CCN(c2nccn3cnnc23)C(C)C1)c1ccc2ccccc2c1. The van der Waals surface area contributed by atoms with Crippen LogP contribution < -0.4 is 4.90 Å². The quantitative estimate of drug-likeness (QED) is 0.529. The molecule has 4 aromatic rings. The number of anilines is 1. The highest BCUT2D eigenvalue weighted by Crippen LogP contribution is 2.26. The number of piperazine rings is 1. The lowest BCUT2D eigenvalue weighted by molar-refractivity contribution is -0.133. The summed E-state index contributed by atoms with van der Waals surface area (Å²) in [5.41, 5.74) is 1.80. The zero-order chi connectivity index (χ0) is 20.7. The number of benzene rings is 2. The molecule has 7 nitrogen and oxygen atoms in total. The first-order valence-electron chi connectivity index (χ1n) is 10.3. The Morgan fingerprint density at radius 2 is 1.97 bits per heavy atom. The van der Waals surface area contributed by atoms with Gasteiger partial charge in [0, 0.05) is 38.1 Å². The molecule has 0 bridgehead atoms. The fourth-order valence-electron chi connectivity index (χ4n) is 4.31. The van der Waals surface area contributed by atoms with Gasteiger partial charge in [-0.2, -0.15) is 0 Å². The number of hydrogen-bond acceptors (Lipinski definition) is 5. The molecular weight excluding hydrogens is 376 g/mol. The zero-order valence-electron chi connectivity index (χ0n) is 17.1. The summed E-state index contributed by atoms with van der Waals surface area (Å²) in [5, 5.41) is 10.5. The molecule has 2 atom stereocenters. The van der Waals surface area contributed by atoms with E-state index in [1.807, 2.05) is 34.6 Å². The van der Waals surface area contributed by atoms with Crippen molar-refractivity contribution >= 4 is 28.1 Å². The first kappa shape index (κ1) is 18.5. The Morgan fingerprint density at radius 1 is 1.13 bits per heavy atom. The second kappa shape index (κ2) is 7.40. The summed E-state index contributed by atoms with van der Waals surface area (Å²) >= 11 is 0. The van der Waals surface area contributed by atoms with Crippen LogP contribution in [0.25, 0.3) is 16.4 Å². The maximum Gasteiger partial charge on any atom is 0.229 e. The van der Waals surface area contributed by atoms with E-state index in [2.05, 4.69) is 57.3 Å². The van der Waals surface area contributed by atoms with Gasteiger partial charge in [0.1, 0.15) is 6.33 Å². The van der Waals surface area contributed by atoms with Crippen LogP contribution >= 0.6 is 0 Å². The molecule has 0 spiro atoms. The third-order valence-electron chi connectivity index (χ3n) is 6.05. The van der Waals surface area contributed by atoms with Crippen LogP contribution in [0.5, 0.6) is 0 Å². The lowest BCUT2D eigenvalue weighted by atomic mass is 9.96. The molecule has 1 amide bonds. The van der Waals surface area contributed by atoms with E-state index >= 15 is 0 Å². The van der Waals surface area contributed by atoms with E-state index < -0.39 is 0 Å². The molecule has 1 aliphatic heterocycles. The number of fused-ring (bicyclic) bond motifs is 2. The molecule has 1 aliphatic rings. The molecule has 2 aromatic heterocycles. The molecule has 0 radical (unpaired) electrons. The van der Waals surface area contributed by atoms with Gasteiger partial charge in [0.15, 0.2) is 5.82 Å². The van der Waals surface area contributed by atoms with Gasteiger partial charge in [-0.15, -0.1) is 10.2 Å². The summed E-state index contributed by atoms with van der Waals surface area (Å²) in [7, 11) is 0. The van der Waals surface area contributed by atoms with Gasteiger partial charge in [-0.3, -0.25) is 9.20 Å². The van der Waals surface area contributed by atoms with Crippen molar-refractivity contribution in [3.8, 4) is 0 Å². The maximum atomic E-state index is 13.3. The number of hydrogen-bond donors (Lipinski definition) is 0. The summed E-state index contributed by atoms with van der Waals surface area (Å²) in [4.78, 5) is 22.0. The zero-order valence-corrected chi connectivity index (χ0v) is 17.1. The Labute approximate surface area is 175 Å². The largest absolute Gasteiger partial charge is 0.347 e. The van der Waals surface area contributed by atoms with Crippen LogP contribution in [0.3, 0.4) is 0 Å². The molecule has 7 heteroatoms. The van der Waals surface area contributed by atoms with Crippen LogP contribution in [0.1, 0.15) is 25.3 Å². The van der Waals surface area contributed by atoms with Gasteiger partial charge in [0.05, 0.1) is 5.92 Å². The molecule has 2 aromatic carbocycles. The number of nitrogens with zero attached hydrogens (tertiary/aromatic N) is 6. The van der Waals surface area contributed by atoms with Crippen molar-refractivity contribution in [3.05, 3.63) is 66.7 Å². The van der Waals surface area contributed by atoms with Gasteiger partial charge in [-0.1, -0.05) is 42.5 Å². The second-order valence-corrected chi connectivity index (χ2v) is 7.97. The number of carbonyl (C=O) groups excluding carboxylic acids is 1. The third kappa shape index (κ3) is 3.16. The fourth-order valence-corrected chi connectivity index (χ4v) is 4.31. The van der Waals surface area contributed by atoms with E-state index in [0.717, 1.165) is 23.6 Å². The average molecular weight is 400 g/mol. The van der Waals surface area contributed by atoms with Crippen molar-refractivity contribution in [1.29, 1.82) is 0 Å². The molecule has 1 saturated heterocycles.